The summed E-state index contributed by atoms with van der Waals surface area (Å²) in [6, 6.07) is 7.65. The van der Waals surface area contributed by atoms with Crippen molar-refractivity contribution in [2.24, 2.45) is 5.92 Å². The number of carbonyl (C=O) groups excluding carboxylic acids is 2. The monoisotopic (exact) mass is 488 g/mol. The fraction of sp³-hybridized carbons (Fsp3) is 0.577. The molecule has 188 valence electrons. The molecule has 0 bridgehead atoms. The van der Waals surface area contributed by atoms with E-state index >= 15 is 0 Å². The summed E-state index contributed by atoms with van der Waals surface area (Å²) in [6.45, 7) is 4.87. The minimum absolute atomic E-state index is 0.0138. The fourth-order valence-electron chi connectivity index (χ4n) is 5.81. The fourth-order valence-corrected chi connectivity index (χ4v) is 5.81. The number of hydrogen-bond donors (Lipinski definition) is 0. The van der Waals surface area contributed by atoms with Crippen molar-refractivity contribution in [3.63, 3.8) is 0 Å². The molecule has 1 aromatic carbocycles. The number of aromatic nitrogens is 2. The molecule has 2 amide bonds. The number of rotatable bonds is 6. The molecule has 1 saturated heterocycles. The van der Waals surface area contributed by atoms with Crippen LogP contribution in [0, 0.1) is 5.92 Å². The molecule has 9 heteroatoms. The average molecular weight is 489 g/mol. The van der Waals surface area contributed by atoms with Crippen LogP contribution in [0.3, 0.4) is 0 Å². The summed E-state index contributed by atoms with van der Waals surface area (Å²) in [4.78, 5) is 34.6. The summed E-state index contributed by atoms with van der Waals surface area (Å²) in [5.41, 5.74) is 2.93. The van der Waals surface area contributed by atoms with E-state index in [-0.39, 0.29) is 37.2 Å². The average Bonchev–Trinajstić information content (AvgIpc) is 3.25. The molecule has 1 spiro atoms. The highest BCUT2D eigenvalue weighted by Crippen LogP contribution is 2.48. The molecule has 1 aromatic heterocycles. The Hall–Kier alpha value is -2.84. The predicted molar refractivity (Wildman–Crippen MR) is 125 cm³/mol. The molecule has 0 saturated carbocycles. The van der Waals surface area contributed by atoms with Crippen LogP contribution in [0.5, 0.6) is 0 Å². The van der Waals surface area contributed by atoms with Gasteiger partial charge in [0.25, 0.3) is 0 Å². The van der Waals surface area contributed by atoms with Gasteiger partial charge in [-0.15, -0.1) is 0 Å². The zero-order chi connectivity index (χ0) is 25.0. The molecule has 3 heterocycles. The van der Waals surface area contributed by atoms with Crippen molar-refractivity contribution in [3.8, 4) is 0 Å². The highest BCUT2D eigenvalue weighted by atomic mass is 19.4. The minimum Gasteiger partial charge on any atom is -0.339 e. The minimum atomic E-state index is -4.19. The summed E-state index contributed by atoms with van der Waals surface area (Å²) in [7, 11) is 0. The van der Waals surface area contributed by atoms with Crippen molar-refractivity contribution in [1.82, 2.24) is 14.5 Å². The summed E-state index contributed by atoms with van der Waals surface area (Å²) in [6.07, 6.45) is -1.43. The number of fused-ring (bicyclic) bond motifs is 3. The first-order valence-electron chi connectivity index (χ1n) is 12.4. The third-order valence-electron chi connectivity index (χ3n) is 7.55. The second kappa shape index (κ2) is 8.68. The zero-order valence-corrected chi connectivity index (χ0v) is 20.2. The smallest absolute Gasteiger partial charge is 0.339 e. The number of halogens is 3. The van der Waals surface area contributed by atoms with Gasteiger partial charge in [0.1, 0.15) is 11.2 Å². The van der Waals surface area contributed by atoms with Crippen LogP contribution in [-0.2, 0) is 40.9 Å². The zero-order valence-electron chi connectivity index (χ0n) is 20.2. The third-order valence-corrected chi connectivity index (χ3v) is 7.55. The summed E-state index contributed by atoms with van der Waals surface area (Å²) in [5.74, 6) is 0.487. The SMILES string of the molecule is CC(C)C(=O)N1CC2(C1)C(=O)N(Cc1nc3c(n1CCCC(F)(F)F)CCCC3)c1ccccc12. The van der Waals surface area contributed by atoms with Gasteiger partial charge < -0.3 is 14.4 Å². The van der Waals surface area contributed by atoms with Crippen LogP contribution in [0.4, 0.5) is 18.9 Å². The number of alkyl halides is 3. The maximum absolute atomic E-state index is 13.8. The molecule has 35 heavy (non-hydrogen) atoms. The van der Waals surface area contributed by atoms with Crippen molar-refractivity contribution in [2.45, 2.75) is 77.1 Å². The molecule has 3 aliphatic rings. The van der Waals surface area contributed by atoms with E-state index in [9.17, 15) is 22.8 Å². The Labute approximate surface area is 203 Å². The van der Waals surface area contributed by atoms with E-state index in [1.807, 2.05) is 42.7 Å². The lowest BCUT2D eigenvalue weighted by atomic mass is 9.74. The summed E-state index contributed by atoms with van der Waals surface area (Å²) in [5, 5.41) is 0. The van der Waals surface area contributed by atoms with E-state index in [0.717, 1.165) is 48.3 Å². The molecule has 0 atom stereocenters. The standard InChI is InChI=1S/C26H31F3N4O2/c1-17(2)23(34)31-15-25(16-31)18-8-3-5-10-20(18)33(24(25)35)14-22-30-19-9-4-6-11-21(19)32(22)13-7-12-26(27,28)29/h3,5,8,10,17H,4,6-7,9,11-16H2,1-2H3. The number of para-hydroxylation sites is 1. The van der Waals surface area contributed by atoms with Crippen LogP contribution >= 0.6 is 0 Å². The quantitative estimate of drug-likeness (QED) is 0.606. The van der Waals surface area contributed by atoms with Gasteiger partial charge in [-0.3, -0.25) is 9.59 Å². The van der Waals surface area contributed by atoms with E-state index < -0.39 is 18.0 Å². The van der Waals surface area contributed by atoms with Crippen molar-refractivity contribution in [2.75, 3.05) is 18.0 Å². The van der Waals surface area contributed by atoms with Gasteiger partial charge in [-0.05, 0) is 43.7 Å². The van der Waals surface area contributed by atoms with Gasteiger partial charge >= 0.3 is 6.18 Å². The highest BCUT2D eigenvalue weighted by molar-refractivity contribution is 6.10. The topological polar surface area (TPSA) is 58.4 Å². The van der Waals surface area contributed by atoms with Gasteiger partial charge in [-0.1, -0.05) is 32.0 Å². The largest absolute Gasteiger partial charge is 0.389 e. The van der Waals surface area contributed by atoms with Gasteiger partial charge in [0, 0.05) is 43.4 Å². The van der Waals surface area contributed by atoms with E-state index in [2.05, 4.69) is 0 Å². The highest BCUT2D eigenvalue weighted by Gasteiger charge is 2.59. The molecule has 2 aliphatic heterocycles. The second-order valence-electron chi connectivity index (χ2n) is 10.3. The number of aryl methyl sites for hydroxylation is 1. The predicted octanol–water partition coefficient (Wildman–Crippen LogP) is 4.39. The molecule has 2 aromatic rings. The Balaban J connectivity index is 1.43. The first-order chi connectivity index (χ1) is 16.6. The Morgan fingerprint density at radius 1 is 1.14 bits per heavy atom. The lowest BCUT2D eigenvalue weighted by Gasteiger charge is -2.47. The van der Waals surface area contributed by atoms with Crippen LogP contribution in [0.2, 0.25) is 0 Å². The second-order valence-corrected chi connectivity index (χ2v) is 10.3. The van der Waals surface area contributed by atoms with Crippen LogP contribution in [0.15, 0.2) is 24.3 Å². The maximum atomic E-state index is 13.8. The van der Waals surface area contributed by atoms with Crippen LogP contribution < -0.4 is 4.90 Å². The maximum Gasteiger partial charge on any atom is 0.389 e. The first kappa shape index (κ1) is 23.9. The lowest BCUT2D eigenvalue weighted by molar-refractivity contribution is -0.146. The van der Waals surface area contributed by atoms with Gasteiger partial charge in [-0.25, -0.2) is 4.98 Å². The number of amides is 2. The number of anilines is 1. The van der Waals surface area contributed by atoms with Crippen molar-refractivity contribution < 1.29 is 22.8 Å². The van der Waals surface area contributed by atoms with Gasteiger partial charge in [0.2, 0.25) is 11.8 Å². The van der Waals surface area contributed by atoms with Crippen LogP contribution in [-0.4, -0.2) is 45.5 Å². The molecule has 0 N–H and O–H groups in total. The van der Waals surface area contributed by atoms with Crippen molar-refractivity contribution >= 4 is 17.5 Å². The normalized spacial score (nSPS) is 18.7. The molecule has 1 fully saturated rings. The van der Waals surface area contributed by atoms with Crippen LogP contribution in [0.25, 0.3) is 0 Å². The Morgan fingerprint density at radius 3 is 2.57 bits per heavy atom. The van der Waals surface area contributed by atoms with E-state index in [1.54, 1.807) is 9.80 Å². The first-order valence-corrected chi connectivity index (χ1v) is 12.4. The number of carbonyl (C=O) groups is 2. The van der Waals surface area contributed by atoms with Crippen molar-refractivity contribution in [3.05, 3.63) is 47.0 Å². The molecule has 0 radical (unpaired) electrons. The summed E-state index contributed by atoms with van der Waals surface area (Å²) >= 11 is 0. The van der Waals surface area contributed by atoms with Crippen LogP contribution in [0.1, 0.15) is 62.3 Å². The van der Waals surface area contributed by atoms with Gasteiger partial charge in [0.05, 0.1) is 12.2 Å². The van der Waals surface area contributed by atoms with E-state index in [1.165, 1.54) is 0 Å². The molecule has 5 rings (SSSR count). The molecule has 6 nitrogen and oxygen atoms in total. The Morgan fingerprint density at radius 2 is 1.86 bits per heavy atom. The third kappa shape index (κ3) is 4.12. The molecular weight excluding hydrogens is 457 g/mol. The number of imidazole rings is 1. The molecule has 1 aliphatic carbocycles. The number of nitrogens with zero attached hydrogens (tertiary/aromatic N) is 4. The van der Waals surface area contributed by atoms with E-state index in [4.69, 9.17) is 4.98 Å². The Kier molecular flexibility index (Phi) is 5.92. The van der Waals surface area contributed by atoms with Crippen molar-refractivity contribution in [1.29, 1.82) is 0 Å². The number of hydrogen-bond acceptors (Lipinski definition) is 3. The summed E-state index contributed by atoms with van der Waals surface area (Å²) < 4.78 is 40.4. The Bertz CT molecular complexity index is 1150. The molecule has 0 unspecified atom stereocenters. The lowest BCUT2D eigenvalue weighted by Crippen LogP contribution is -2.65. The number of benzene rings is 1. The van der Waals surface area contributed by atoms with Gasteiger partial charge in [-0.2, -0.15) is 13.2 Å². The number of likely N-dealkylation sites (tertiary alicyclic amines) is 1. The van der Waals surface area contributed by atoms with Gasteiger partial charge in [0.15, 0.2) is 0 Å². The molecular formula is C26H31F3N4O2. The van der Waals surface area contributed by atoms with E-state index in [0.29, 0.717) is 18.9 Å².